The number of nitrogens with two attached hydrogens (primary N) is 1. The lowest BCUT2D eigenvalue weighted by Gasteiger charge is -2.25. The van der Waals surface area contributed by atoms with Crippen LogP contribution in [0.3, 0.4) is 0 Å². The van der Waals surface area contributed by atoms with Crippen molar-refractivity contribution in [2.45, 2.75) is 13.0 Å². The second-order valence-corrected chi connectivity index (χ2v) is 4.92. The molecule has 0 fully saturated rings. The highest BCUT2D eigenvalue weighted by atomic mass is 19.1. The summed E-state index contributed by atoms with van der Waals surface area (Å²) in [5, 5.41) is 0. The molecule has 0 bridgehead atoms. The van der Waals surface area contributed by atoms with Gasteiger partial charge in [0, 0.05) is 18.3 Å². The normalized spacial score (nSPS) is 12.0. The molecule has 0 spiro atoms. The van der Waals surface area contributed by atoms with Gasteiger partial charge in [-0.15, -0.1) is 0 Å². The number of nitrogens with zero attached hydrogens (tertiary/aromatic N) is 1. The molecule has 2 rings (SSSR count). The lowest BCUT2D eigenvalue weighted by Crippen LogP contribution is -2.29. The van der Waals surface area contributed by atoms with Gasteiger partial charge in [0.15, 0.2) is 0 Å². The summed E-state index contributed by atoms with van der Waals surface area (Å²) in [6, 6.07) is 9.36. The highest BCUT2D eigenvalue weighted by Crippen LogP contribution is 2.22. The van der Waals surface area contributed by atoms with Crippen molar-refractivity contribution in [3.63, 3.8) is 0 Å². The summed E-state index contributed by atoms with van der Waals surface area (Å²) in [4.78, 5) is 13.8. The third-order valence-corrected chi connectivity index (χ3v) is 3.42. The molecule has 3 nitrogen and oxygen atoms in total. The van der Waals surface area contributed by atoms with E-state index in [1.807, 2.05) is 6.92 Å². The molecule has 2 aromatic rings. The molecule has 1 amide bonds. The second kappa shape index (κ2) is 5.91. The average Bonchev–Trinajstić information content (AvgIpc) is 2.44. The minimum Gasteiger partial charge on any atom is -0.399 e. The van der Waals surface area contributed by atoms with E-state index in [9.17, 15) is 13.6 Å². The van der Waals surface area contributed by atoms with Gasteiger partial charge in [-0.3, -0.25) is 4.79 Å². The number of anilines is 1. The largest absolute Gasteiger partial charge is 0.399 e. The fourth-order valence-corrected chi connectivity index (χ4v) is 2.08. The van der Waals surface area contributed by atoms with Crippen molar-refractivity contribution < 1.29 is 13.6 Å². The van der Waals surface area contributed by atoms with Gasteiger partial charge in [-0.05, 0) is 42.8 Å². The SMILES string of the molecule is CC(c1ccc(F)cc1)N(C)C(=O)c1cc(N)cc(F)c1. The summed E-state index contributed by atoms with van der Waals surface area (Å²) in [6.45, 7) is 1.81. The number of benzene rings is 2. The molecule has 5 heteroatoms. The average molecular weight is 290 g/mol. The van der Waals surface area contributed by atoms with Gasteiger partial charge >= 0.3 is 0 Å². The molecule has 1 unspecified atom stereocenters. The van der Waals surface area contributed by atoms with Crippen LogP contribution in [0, 0.1) is 11.6 Å². The molecule has 0 aliphatic rings. The van der Waals surface area contributed by atoms with Crippen molar-refractivity contribution in [1.29, 1.82) is 0 Å². The Morgan fingerprint density at radius 3 is 2.29 bits per heavy atom. The van der Waals surface area contributed by atoms with Crippen LogP contribution in [0.5, 0.6) is 0 Å². The third kappa shape index (κ3) is 3.37. The zero-order valence-corrected chi connectivity index (χ0v) is 11.8. The van der Waals surface area contributed by atoms with Gasteiger partial charge in [0.2, 0.25) is 0 Å². The van der Waals surface area contributed by atoms with Crippen LogP contribution in [-0.4, -0.2) is 17.9 Å². The van der Waals surface area contributed by atoms with Crippen molar-refractivity contribution in [3.05, 3.63) is 65.2 Å². The van der Waals surface area contributed by atoms with Crippen molar-refractivity contribution in [2.75, 3.05) is 12.8 Å². The van der Waals surface area contributed by atoms with Gasteiger partial charge in [-0.2, -0.15) is 0 Å². The maximum atomic E-state index is 13.3. The Balaban J connectivity index is 2.23. The maximum Gasteiger partial charge on any atom is 0.254 e. The molecule has 1 atom stereocenters. The fraction of sp³-hybridized carbons (Fsp3) is 0.188. The molecule has 21 heavy (non-hydrogen) atoms. The number of amides is 1. The van der Waals surface area contributed by atoms with E-state index in [-0.39, 0.29) is 29.0 Å². The monoisotopic (exact) mass is 290 g/mol. The molecule has 110 valence electrons. The molecule has 0 aliphatic heterocycles. The highest BCUT2D eigenvalue weighted by molar-refractivity contribution is 5.95. The van der Waals surface area contributed by atoms with E-state index in [0.717, 1.165) is 17.7 Å². The number of halogens is 2. The highest BCUT2D eigenvalue weighted by Gasteiger charge is 2.19. The molecule has 0 radical (unpaired) electrons. The van der Waals surface area contributed by atoms with Gasteiger partial charge in [0.25, 0.3) is 5.91 Å². The fourth-order valence-electron chi connectivity index (χ4n) is 2.08. The first kappa shape index (κ1) is 15.0. The first-order chi connectivity index (χ1) is 9.88. The van der Waals surface area contributed by atoms with Crippen molar-refractivity contribution in [2.24, 2.45) is 0 Å². The van der Waals surface area contributed by atoms with E-state index in [0.29, 0.717) is 0 Å². The summed E-state index contributed by atoms with van der Waals surface area (Å²) < 4.78 is 26.3. The number of rotatable bonds is 3. The molecule has 2 N–H and O–H groups in total. The van der Waals surface area contributed by atoms with Crippen LogP contribution in [0.4, 0.5) is 14.5 Å². The number of carbonyl (C=O) groups excluding carboxylic acids is 1. The summed E-state index contributed by atoms with van der Waals surface area (Å²) in [6.07, 6.45) is 0. The van der Waals surface area contributed by atoms with Crippen LogP contribution < -0.4 is 5.73 Å². The van der Waals surface area contributed by atoms with Crippen LogP contribution >= 0.6 is 0 Å². The minimum atomic E-state index is -0.554. The van der Waals surface area contributed by atoms with Gasteiger partial charge in [-0.1, -0.05) is 12.1 Å². The number of carbonyl (C=O) groups is 1. The van der Waals surface area contributed by atoms with Gasteiger partial charge < -0.3 is 10.6 Å². The van der Waals surface area contributed by atoms with Crippen LogP contribution in [0.15, 0.2) is 42.5 Å². The van der Waals surface area contributed by atoms with Crippen LogP contribution in [0.1, 0.15) is 28.9 Å². The summed E-state index contributed by atoms with van der Waals surface area (Å²) in [5.41, 5.74) is 6.72. The van der Waals surface area contributed by atoms with Crippen LogP contribution in [0.2, 0.25) is 0 Å². The molecule has 2 aromatic carbocycles. The Morgan fingerprint density at radius 1 is 1.10 bits per heavy atom. The van der Waals surface area contributed by atoms with Crippen molar-refractivity contribution in [3.8, 4) is 0 Å². The molecule has 0 saturated carbocycles. The smallest absolute Gasteiger partial charge is 0.254 e. The Hall–Kier alpha value is -2.43. The lowest BCUT2D eigenvalue weighted by molar-refractivity contribution is 0.0742. The van der Waals surface area contributed by atoms with E-state index >= 15 is 0 Å². The first-order valence-electron chi connectivity index (χ1n) is 6.47. The standard InChI is InChI=1S/C16H16F2N2O/c1-10(11-3-5-13(17)6-4-11)20(2)16(21)12-7-14(18)9-15(19)8-12/h3-10H,19H2,1-2H3. The van der Waals surface area contributed by atoms with E-state index < -0.39 is 5.82 Å². The summed E-state index contributed by atoms with van der Waals surface area (Å²) >= 11 is 0. The number of hydrogen-bond acceptors (Lipinski definition) is 2. The lowest BCUT2D eigenvalue weighted by atomic mass is 10.1. The summed E-state index contributed by atoms with van der Waals surface area (Å²) in [5.74, 6) is -1.24. The quantitative estimate of drug-likeness (QED) is 0.881. The van der Waals surface area contributed by atoms with Crippen molar-refractivity contribution >= 4 is 11.6 Å². The second-order valence-electron chi connectivity index (χ2n) is 4.92. The predicted octanol–water partition coefficient (Wildman–Crippen LogP) is 3.38. The molecule has 0 aromatic heterocycles. The first-order valence-corrected chi connectivity index (χ1v) is 6.47. The molecular formula is C16H16F2N2O. The predicted molar refractivity (Wildman–Crippen MR) is 77.7 cm³/mol. The summed E-state index contributed by atoms with van der Waals surface area (Å²) in [7, 11) is 1.61. The van der Waals surface area contributed by atoms with E-state index in [1.54, 1.807) is 19.2 Å². The Labute approximate surface area is 122 Å². The molecule has 0 heterocycles. The Morgan fingerprint density at radius 2 is 1.71 bits per heavy atom. The van der Waals surface area contributed by atoms with Crippen LogP contribution in [-0.2, 0) is 0 Å². The number of hydrogen-bond donors (Lipinski definition) is 1. The topological polar surface area (TPSA) is 46.3 Å². The zero-order chi connectivity index (χ0) is 15.6. The van der Waals surface area contributed by atoms with E-state index in [2.05, 4.69) is 0 Å². The molecular weight excluding hydrogens is 274 g/mol. The van der Waals surface area contributed by atoms with Crippen molar-refractivity contribution in [1.82, 2.24) is 4.90 Å². The Bertz CT molecular complexity index is 636. The Kier molecular flexibility index (Phi) is 4.21. The minimum absolute atomic E-state index is 0.184. The maximum absolute atomic E-state index is 13.3. The molecule has 0 saturated heterocycles. The third-order valence-electron chi connectivity index (χ3n) is 3.42. The van der Waals surface area contributed by atoms with Crippen LogP contribution in [0.25, 0.3) is 0 Å². The van der Waals surface area contributed by atoms with Gasteiger partial charge in [-0.25, -0.2) is 8.78 Å². The zero-order valence-electron chi connectivity index (χ0n) is 11.8. The van der Waals surface area contributed by atoms with E-state index in [1.165, 1.54) is 23.1 Å². The van der Waals surface area contributed by atoms with Gasteiger partial charge in [0.05, 0.1) is 6.04 Å². The number of nitrogen functional groups attached to an aromatic ring is 1. The van der Waals surface area contributed by atoms with Gasteiger partial charge in [0.1, 0.15) is 11.6 Å². The molecule has 0 aliphatic carbocycles. The van der Waals surface area contributed by atoms with E-state index in [4.69, 9.17) is 5.73 Å².